The lowest BCUT2D eigenvalue weighted by Crippen LogP contribution is -2.17. The molecule has 0 fully saturated rings. The van der Waals surface area contributed by atoms with Gasteiger partial charge in [0, 0.05) is 0 Å². The number of hydrogen-bond acceptors (Lipinski definition) is 5. The van der Waals surface area contributed by atoms with Crippen molar-refractivity contribution in [2.75, 3.05) is 5.32 Å². The van der Waals surface area contributed by atoms with Crippen LogP contribution in [0, 0.1) is 5.82 Å². The first kappa shape index (κ1) is 19.1. The summed E-state index contributed by atoms with van der Waals surface area (Å²) in [6.45, 7) is 0.0472. The number of alkyl halides is 3. The molecule has 3 rings (SSSR count). The molecule has 1 heterocycles. The minimum Gasteiger partial charge on any atom is -0.478 e. The molecule has 11 heteroatoms. The number of aromatic carboxylic acids is 1. The van der Waals surface area contributed by atoms with Crippen LogP contribution in [0.25, 0.3) is 5.69 Å². The molecule has 0 radical (unpaired) electrons. The van der Waals surface area contributed by atoms with E-state index in [9.17, 15) is 22.4 Å². The Balaban J connectivity index is 1.65. The predicted molar refractivity (Wildman–Crippen MR) is 88.7 cm³/mol. The van der Waals surface area contributed by atoms with Crippen molar-refractivity contribution in [2.24, 2.45) is 0 Å². The number of rotatable bonds is 6. The van der Waals surface area contributed by atoms with Crippen LogP contribution in [0.1, 0.15) is 16.2 Å². The van der Waals surface area contributed by atoms with E-state index < -0.39 is 18.1 Å². The van der Waals surface area contributed by atoms with E-state index in [4.69, 9.17) is 5.11 Å². The van der Waals surface area contributed by atoms with Crippen molar-refractivity contribution in [3.05, 3.63) is 66.0 Å². The van der Waals surface area contributed by atoms with E-state index >= 15 is 0 Å². The van der Waals surface area contributed by atoms with Gasteiger partial charge in [0.25, 0.3) is 0 Å². The summed E-state index contributed by atoms with van der Waals surface area (Å²) < 4.78 is 55.5. The lowest BCUT2D eigenvalue weighted by Gasteiger charge is -2.09. The number of aromatic nitrogens is 3. The van der Waals surface area contributed by atoms with E-state index in [0.29, 0.717) is 5.69 Å². The Kier molecular flexibility index (Phi) is 5.16. The highest BCUT2D eigenvalue weighted by Crippen LogP contribution is 2.23. The zero-order valence-corrected chi connectivity index (χ0v) is 13.9. The van der Waals surface area contributed by atoms with Crippen LogP contribution in [0.5, 0.6) is 5.75 Å². The maximum absolute atomic E-state index is 13.9. The van der Waals surface area contributed by atoms with Gasteiger partial charge >= 0.3 is 12.3 Å². The zero-order chi connectivity index (χ0) is 20.3. The van der Waals surface area contributed by atoms with E-state index in [1.165, 1.54) is 35.3 Å². The summed E-state index contributed by atoms with van der Waals surface area (Å²) in [5.41, 5.74) is 0.351. The molecule has 28 heavy (non-hydrogen) atoms. The third-order valence-electron chi connectivity index (χ3n) is 3.53. The minimum atomic E-state index is -4.77. The second kappa shape index (κ2) is 7.55. The Labute approximate surface area is 155 Å². The lowest BCUT2D eigenvalue weighted by molar-refractivity contribution is -0.274. The Morgan fingerprint density at radius 3 is 2.50 bits per heavy atom. The third kappa shape index (κ3) is 4.75. The van der Waals surface area contributed by atoms with Crippen LogP contribution in [0.15, 0.2) is 48.8 Å². The van der Waals surface area contributed by atoms with E-state index in [2.05, 4.69) is 20.1 Å². The van der Waals surface area contributed by atoms with Gasteiger partial charge in [-0.05, 0) is 42.5 Å². The first-order valence-corrected chi connectivity index (χ1v) is 7.75. The van der Waals surface area contributed by atoms with Gasteiger partial charge < -0.3 is 15.2 Å². The molecule has 146 valence electrons. The van der Waals surface area contributed by atoms with Gasteiger partial charge in [0.05, 0.1) is 23.5 Å². The molecule has 0 aliphatic carbocycles. The Morgan fingerprint density at radius 1 is 1.18 bits per heavy atom. The minimum absolute atomic E-state index is 0.0472. The van der Waals surface area contributed by atoms with Gasteiger partial charge in [-0.25, -0.2) is 18.9 Å². The zero-order valence-electron chi connectivity index (χ0n) is 13.9. The quantitative estimate of drug-likeness (QED) is 0.619. The number of nitrogens with zero attached hydrogens (tertiary/aromatic N) is 3. The van der Waals surface area contributed by atoms with Gasteiger partial charge in [0.15, 0.2) is 5.82 Å². The van der Waals surface area contributed by atoms with E-state index in [1.54, 1.807) is 0 Å². The average Bonchev–Trinajstić information content (AvgIpc) is 3.09. The molecule has 0 saturated carbocycles. The second-order valence-electron chi connectivity index (χ2n) is 5.50. The highest BCUT2D eigenvalue weighted by Gasteiger charge is 2.31. The summed E-state index contributed by atoms with van der Waals surface area (Å²) in [4.78, 5) is 14.8. The summed E-state index contributed by atoms with van der Waals surface area (Å²) in [6.07, 6.45) is -3.42. The second-order valence-corrected chi connectivity index (χ2v) is 5.50. The topological polar surface area (TPSA) is 89.3 Å². The summed E-state index contributed by atoms with van der Waals surface area (Å²) in [5.74, 6) is -2.05. The number of halogens is 4. The van der Waals surface area contributed by atoms with Crippen LogP contribution in [-0.2, 0) is 6.54 Å². The van der Waals surface area contributed by atoms with Gasteiger partial charge in [-0.15, -0.1) is 18.3 Å². The van der Waals surface area contributed by atoms with Crippen LogP contribution in [0.2, 0.25) is 0 Å². The fourth-order valence-corrected chi connectivity index (χ4v) is 2.27. The molecule has 2 N–H and O–H groups in total. The molecule has 1 aromatic heterocycles. The molecular weight excluding hydrogens is 384 g/mol. The number of carboxylic acids is 1. The highest BCUT2D eigenvalue weighted by molar-refractivity contribution is 5.88. The molecule has 0 amide bonds. The van der Waals surface area contributed by atoms with Crippen LogP contribution < -0.4 is 10.1 Å². The maximum atomic E-state index is 13.9. The molecule has 0 unspecified atom stereocenters. The summed E-state index contributed by atoms with van der Waals surface area (Å²) in [5, 5.41) is 15.7. The molecule has 0 saturated heterocycles. The number of benzene rings is 2. The van der Waals surface area contributed by atoms with Gasteiger partial charge in [0.2, 0.25) is 0 Å². The largest absolute Gasteiger partial charge is 0.573 e. The van der Waals surface area contributed by atoms with Crippen molar-refractivity contribution in [2.45, 2.75) is 12.9 Å². The monoisotopic (exact) mass is 396 g/mol. The van der Waals surface area contributed by atoms with Crippen molar-refractivity contribution < 1.29 is 32.2 Å². The number of nitrogens with one attached hydrogen (secondary N) is 1. The smallest absolute Gasteiger partial charge is 0.478 e. The van der Waals surface area contributed by atoms with E-state index in [1.807, 2.05) is 0 Å². The molecule has 0 atom stereocenters. The van der Waals surface area contributed by atoms with E-state index in [0.717, 1.165) is 18.2 Å². The molecule has 0 aliphatic heterocycles. The van der Waals surface area contributed by atoms with Crippen LogP contribution in [0.4, 0.5) is 23.2 Å². The molecule has 3 aromatic rings. The summed E-state index contributed by atoms with van der Waals surface area (Å²) in [6, 6.07) is 8.46. The number of carboxylic acid groups (broad SMARTS) is 1. The van der Waals surface area contributed by atoms with Gasteiger partial charge in [-0.3, -0.25) is 0 Å². The van der Waals surface area contributed by atoms with Crippen LogP contribution >= 0.6 is 0 Å². The van der Waals surface area contributed by atoms with Crippen LogP contribution in [0.3, 0.4) is 0 Å². The van der Waals surface area contributed by atoms with Gasteiger partial charge in [-0.1, -0.05) is 0 Å². The molecule has 2 aromatic carbocycles. The normalized spacial score (nSPS) is 11.3. The average molecular weight is 396 g/mol. The lowest BCUT2D eigenvalue weighted by atomic mass is 10.2. The SMILES string of the molecule is O=C(O)c1ccc(NCc2ncn(-c3ccc(OC(F)(F)F)cc3)n2)c(F)c1. The Hall–Kier alpha value is -3.63. The molecule has 7 nitrogen and oxygen atoms in total. The molecule has 0 bridgehead atoms. The first-order chi connectivity index (χ1) is 13.2. The van der Waals surface area contributed by atoms with Crippen molar-refractivity contribution >= 4 is 11.7 Å². The van der Waals surface area contributed by atoms with E-state index in [-0.39, 0.29) is 29.4 Å². The Morgan fingerprint density at radius 2 is 1.89 bits per heavy atom. The van der Waals surface area contributed by atoms with Crippen molar-refractivity contribution in [3.8, 4) is 11.4 Å². The molecular formula is C17H12F4N4O3. The third-order valence-corrected chi connectivity index (χ3v) is 3.53. The number of anilines is 1. The molecule has 0 spiro atoms. The van der Waals surface area contributed by atoms with Gasteiger partial charge in [0.1, 0.15) is 17.9 Å². The number of carbonyl (C=O) groups is 1. The number of hydrogen-bond donors (Lipinski definition) is 2. The van der Waals surface area contributed by atoms with Crippen LogP contribution in [-0.4, -0.2) is 32.2 Å². The fourth-order valence-electron chi connectivity index (χ4n) is 2.27. The fraction of sp³-hybridized carbons (Fsp3) is 0.118. The predicted octanol–water partition coefficient (Wildman–Crippen LogP) is 3.62. The maximum Gasteiger partial charge on any atom is 0.573 e. The van der Waals surface area contributed by atoms with Gasteiger partial charge in [-0.2, -0.15) is 0 Å². The first-order valence-electron chi connectivity index (χ1n) is 7.75. The van der Waals surface area contributed by atoms with Crippen molar-refractivity contribution in [1.82, 2.24) is 14.8 Å². The number of ether oxygens (including phenoxy) is 1. The molecule has 0 aliphatic rings. The highest BCUT2D eigenvalue weighted by atomic mass is 19.4. The summed E-state index contributed by atoms with van der Waals surface area (Å²) in [7, 11) is 0. The Bertz CT molecular complexity index is 987. The van der Waals surface area contributed by atoms with Crippen molar-refractivity contribution in [3.63, 3.8) is 0 Å². The standard InChI is InChI=1S/C17H12F4N4O3/c18-13-7-10(16(26)27)1-6-14(13)22-8-15-23-9-25(24-15)11-2-4-12(5-3-11)28-17(19,20)21/h1-7,9,22H,8H2,(H,26,27). The summed E-state index contributed by atoms with van der Waals surface area (Å²) >= 11 is 0. The van der Waals surface area contributed by atoms with Crippen molar-refractivity contribution in [1.29, 1.82) is 0 Å².